The number of carbonyl (C=O) groups excluding carboxylic acids is 2. The molecule has 2 heterocycles. The fourth-order valence-corrected chi connectivity index (χ4v) is 3.38. The van der Waals surface area contributed by atoms with Crippen LogP contribution in [0.4, 0.5) is 0 Å². The Balaban J connectivity index is 1.51. The fraction of sp³-hybridized carbons (Fsp3) is 0.438. The maximum atomic E-state index is 12.4. The molecule has 2 aliphatic rings. The summed E-state index contributed by atoms with van der Waals surface area (Å²) in [5, 5.41) is 10.1. The number of amides is 1. The Kier molecular flexibility index (Phi) is 3.10. The molecule has 2 N–H and O–H groups in total. The van der Waals surface area contributed by atoms with E-state index >= 15 is 0 Å². The third-order valence-electron chi connectivity index (χ3n) is 4.51. The Labute approximate surface area is 127 Å². The second-order valence-electron chi connectivity index (χ2n) is 5.89. The average Bonchev–Trinajstić information content (AvgIpc) is 3.20. The predicted octanol–water partition coefficient (Wildman–Crippen LogP) is 1.94. The molecule has 1 amide bonds. The maximum absolute atomic E-state index is 12.4. The van der Waals surface area contributed by atoms with Crippen molar-refractivity contribution in [2.24, 2.45) is 0 Å². The van der Waals surface area contributed by atoms with Crippen molar-refractivity contribution >= 4 is 11.7 Å². The number of hydrogen-bond acceptors (Lipinski definition) is 4. The van der Waals surface area contributed by atoms with Gasteiger partial charge in [-0.15, -0.1) is 0 Å². The highest BCUT2D eigenvalue weighted by Crippen LogP contribution is 2.26. The second kappa shape index (κ2) is 5.12. The molecule has 2 aliphatic carbocycles. The minimum atomic E-state index is -0.269. The van der Waals surface area contributed by atoms with Gasteiger partial charge in [0.2, 0.25) is 0 Å². The molecule has 6 nitrogen and oxygen atoms in total. The molecule has 0 aliphatic heterocycles. The van der Waals surface area contributed by atoms with Gasteiger partial charge in [0.25, 0.3) is 5.91 Å². The monoisotopic (exact) mass is 299 g/mol. The summed E-state index contributed by atoms with van der Waals surface area (Å²) >= 11 is 0. The lowest BCUT2D eigenvalue weighted by molar-refractivity contribution is 0.0926. The highest BCUT2D eigenvalue weighted by molar-refractivity contribution is 6.09. The number of aromatic nitrogens is 2. The van der Waals surface area contributed by atoms with Crippen LogP contribution in [0, 0.1) is 0 Å². The molecule has 0 saturated carbocycles. The molecule has 22 heavy (non-hydrogen) atoms. The number of fused-ring (bicyclic) bond motifs is 2. The first-order chi connectivity index (χ1) is 10.7. The van der Waals surface area contributed by atoms with Crippen LogP contribution in [0.3, 0.4) is 0 Å². The number of aromatic amines is 1. The van der Waals surface area contributed by atoms with Crippen molar-refractivity contribution in [1.82, 2.24) is 15.5 Å². The number of H-pyrrole nitrogens is 1. The van der Waals surface area contributed by atoms with Gasteiger partial charge < -0.3 is 9.73 Å². The van der Waals surface area contributed by atoms with E-state index in [-0.39, 0.29) is 11.7 Å². The molecule has 114 valence electrons. The molecule has 0 atom stereocenters. The molecular weight excluding hydrogens is 282 g/mol. The normalized spacial score (nSPS) is 16.5. The fourth-order valence-electron chi connectivity index (χ4n) is 3.38. The van der Waals surface area contributed by atoms with Gasteiger partial charge in [-0.2, -0.15) is 5.10 Å². The third kappa shape index (κ3) is 2.06. The predicted molar refractivity (Wildman–Crippen MR) is 77.8 cm³/mol. The van der Waals surface area contributed by atoms with Gasteiger partial charge in [0, 0.05) is 18.5 Å². The van der Waals surface area contributed by atoms with Gasteiger partial charge in [0.1, 0.15) is 12.0 Å². The number of furan rings is 1. The summed E-state index contributed by atoms with van der Waals surface area (Å²) in [6.07, 6.45) is 6.57. The number of Topliss-reactive ketones (excluding diaryl/α,β-unsaturated/α-hetero) is 1. The lowest BCUT2D eigenvalue weighted by Gasteiger charge is -2.10. The zero-order valence-electron chi connectivity index (χ0n) is 12.2. The molecule has 4 rings (SSSR count). The number of rotatable bonds is 3. The van der Waals surface area contributed by atoms with E-state index in [2.05, 4.69) is 15.5 Å². The second-order valence-corrected chi connectivity index (χ2v) is 5.89. The number of hydrogen-bond donors (Lipinski definition) is 2. The summed E-state index contributed by atoms with van der Waals surface area (Å²) in [4.78, 5) is 24.4. The molecule has 0 bridgehead atoms. The maximum Gasteiger partial charge on any atom is 0.255 e. The van der Waals surface area contributed by atoms with Crippen LogP contribution in [0.1, 0.15) is 62.7 Å². The largest absolute Gasteiger partial charge is 0.468 e. The Morgan fingerprint density at radius 1 is 1.27 bits per heavy atom. The molecular formula is C16H17N3O3. The van der Waals surface area contributed by atoms with Crippen LogP contribution in [0.25, 0.3) is 0 Å². The summed E-state index contributed by atoms with van der Waals surface area (Å²) in [6.45, 7) is 0.374. The Morgan fingerprint density at radius 2 is 2.14 bits per heavy atom. The van der Waals surface area contributed by atoms with Gasteiger partial charge in [-0.05, 0) is 31.2 Å². The molecule has 0 fully saturated rings. The van der Waals surface area contributed by atoms with Gasteiger partial charge in [0.05, 0.1) is 23.4 Å². The van der Waals surface area contributed by atoms with Gasteiger partial charge in [-0.3, -0.25) is 14.7 Å². The smallest absolute Gasteiger partial charge is 0.255 e. The van der Waals surface area contributed by atoms with Crippen LogP contribution in [0.2, 0.25) is 0 Å². The molecule has 0 aromatic carbocycles. The van der Waals surface area contributed by atoms with Gasteiger partial charge in [-0.1, -0.05) is 0 Å². The van der Waals surface area contributed by atoms with Crippen molar-refractivity contribution in [3.05, 3.63) is 40.1 Å². The van der Waals surface area contributed by atoms with Gasteiger partial charge in [-0.25, -0.2) is 0 Å². The summed E-state index contributed by atoms with van der Waals surface area (Å²) in [7, 11) is 0. The molecule has 0 spiro atoms. The van der Waals surface area contributed by atoms with Crippen molar-refractivity contribution in [2.45, 2.75) is 45.1 Å². The highest BCUT2D eigenvalue weighted by atomic mass is 16.3. The number of aryl methyl sites for hydroxylation is 2. The molecule has 0 saturated heterocycles. The number of nitrogens with zero attached hydrogens (tertiary/aromatic N) is 1. The number of carbonyl (C=O) groups is 2. The third-order valence-corrected chi connectivity index (χ3v) is 4.51. The first-order valence-electron chi connectivity index (χ1n) is 7.71. The molecule has 0 unspecified atom stereocenters. The molecule has 0 radical (unpaired) electrons. The van der Waals surface area contributed by atoms with Crippen LogP contribution in [-0.4, -0.2) is 21.9 Å². The molecule has 6 heteroatoms. The van der Waals surface area contributed by atoms with Crippen LogP contribution in [0.15, 0.2) is 10.7 Å². The lowest BCUT2D eigenvalue weighted by Crippen LogP contribution is -2.25. The Bertz CT molecular complexity index is 757. The van der Waals surface area contributed by atoms with Crippen molar-refractivity contribution in [3.63, 3.8) is 0 Å². The average molecular weight is 299 g/mol. The standard InChI is InChI=1S/C16H17N3O3/c20-13-5-2-6-14-15(13)10(8-22-14)16(21)17-7-12-9-3-1-4-11(9)18-19-12/h8H,1-7H2,(H,17,21)(H,18,19). The highest BCUT2D eigenvalue weighted by Gasteiger charge is 2.28. The van der Waals surface area contributed by atoms with Crippen LogP contribution in [-0.2, 0) is 25.8 Å². The van der Waals surface area contributed by atoms with Crippen LogP contribution < -0.4 is 5.32 Å². The van der Waals surface area contributed by atoms with E-state index < -0.39 is 0 Å². The Hall–Kier alpha value is -2.37. The van der Waals surface area contributed by atoms with E-state index in [1.807, 2.05) is 0 Å². The summed E-state index contributed by atoms with van der Waals surface area (Å²) < 4.78 is 5.39. The SMILES string of the molecule is O=C(NCc1n[nH]c2c1CCC2)c1coc2c1C(=O)CCC2. The lowest BCUT2D eigenvalue weighted by atomic mass is 9.94. The first-order valence-corrected chi connectivity index (χ1v) is 7.71. The number of nitrogens with one attached hydrogen (secondary N) is 2. The zero-order valence-corrected chi connectivity index (χ0v) is 12.2. The van der Waals surface area contributed by atoms with Crippen LogP contribution in [0.5, 0.6) is 0 Å². The molecule has 2 aromatic rings. The summed E-state index contributed by atoms with van der Waals surface area (Å²) in [5.41, 5.74) is 4.12. The number of ketones is 1. The van der Waals surface area contributed by atoms with Crippen molar-refractivity contribution < 1.29 is 14.0 Å². The first kappa shape index (κ1) is 13.3. The quantitative estimate of drug-likeness (QED) is 0.906. The van der Waals surface area contributed by atoms with Crippen molar-refractivity contribution in [1.29, 1.82) is 0 Å². The zero-order chi connectivity index (χ0) is 15.1. The van der Waals surface area contributed by atoms with Gasteiger partial charge >= 0.3 is 0 Å². The van der Waals surface area contributed by atoms with E-state index in [1.54, 1.807) is 0 Å². The van der Waals surface area contributed by atoms with E-state index in [9.17, 15) is 9.59 Å². The molecule has 2 aromatic heterocycles. The van der Waals surface area contributed by atoms with E-state index in [0.29, 0.717) is 29.9 Å². The topological polar surface area (TPSA) is 88.0 Å². The van der Waals surface area contributed by atoms with E-state index in [4.69, 9.17) is 4.42 Å². The van der Waals surface area contributed by atoms with Crippen molar-refractivity contribution in [2.75, 3.05) is 0 Å². The van der Waals surface area contributed by atoms with Gasteiger partial charge in [0.15, 0.2) is 5.78 Å². The summed E-state index contributed by atoms with van der Waals surface area (Å²) in [6, 6.07) is 0. The Morgan fingerprint density at radius 3 is 3.05 bits per heavy atom. The van der Waals surface area contributed by atoms with E-state index in [0.717, 1.165) is 37.8 Å². The van der Waals surface area contributed by atoms with Crippen molar-refractivity contribution in [3.8, 4) is 0 Å². The minimum absolute atomic E-state index is 0.000751. The summed E-state index contributed by atoms with van der Waals surface area (Å²) in [5.74, 6) is 0.373. The van der Waals surface area contributed by atoms with E-state index in [1.165, 1.54) is 17.5 Å². The minimum Gasteiger partial charge on any atom is -0.468 e. The van der Waals surface area contributed by atoms with Crippen LogP contribution >= 0.6 is 0 Å².